The van der Waals surface area contributed by atoms with Crippen LogP contribution >= 0.6 is 0 Å². The van der Waals surface area contributed by atoms with Crippen LogP contribution in [0.3, 0.4) is 0 Å². The third-order valence-corrected chi connectivity index (χ3v) is 14.1. The molecule has 0 unspecified atom stereocenters. The molecule has 4 heteroatoms. The van der Waals surface area contributed by atoms with Crippen LogP contribution in [0.4, 0.5) is 34.1 Å². The lowest BCUT2D eigenvalue weighted by atomic mass is 9.79. The zero-order chi connectivity index (χ0) is 43.6. The molecular weight excluding hydrogens is 793 g/mol. The van der Waals surface area contributed by atoms with Crippen molar-refractivity contribution < 1.29 is 8.83 Å². The van der Waals surface area contributed by atoms with Gasteiger partial charge in [0.1, 0.15) is 11.2 Å². The molecular formula is C61H44N2O2. The van der Waals surface area contributed by atoms with E-state index in [-0.39, 0.29) is 5.41 Å². The van der Waals surface area contributed by atoms with E-state index in [2.05, 4.69) is 219 Å². The van der Waals surface area contributed by atoms with Crippen LogP contribution in [-0.4, -0.2) is 0 Å². The fraction of sp³-hybridized carbons (Fsp3) is 0.0820. The third-order valence-electron chi connectivity index (χ3n) is 14.1. The van der Waals surface area contributed by atoms with Crippen LogP contribution in [0.2, 0.25) is 0 Å². The second-order valence-corrected chi connectivity index (χ2v) is 18.1. The summed E-state index contributed by atoms with van der Waals surface area (Å²) in [4.78, 5) is 4.81. The molecule has 0 amide bonds. The monoisotopic (exact) mass is 836 g/mol. The van der Waals surface area contributed by atoms with Gasteiger partial charge in [0, 0.05) is 49.4 Å². The molecule has 0 saturated carbocycles. The van der Waals surface area contributed by atoms with E-state index in [1.807, 2.05) is 12.1 Å². The van der Waals surface area contributed by atoms with Crippen LogP contribution in [0.1, 0.15) is 36.1 Å². The van der Waals surface area contributed by atoms with E-state index in [9.17, 15) is 0 Å². The topological polar surface area (TPSA) is 32.8 Å². The average molecular weight is 837 g/mol. The van der Waals surface area contributed by atoms with Crippen LogP contribution in [0.25, 0.3) is 76.5 Å². The minimum atomic E-state index is -0.331. The Morgan fingerprint density at radius 3 is 1.52 bits per heavy atom. The number of benzene rings is 10. The van der Waals surface area contributed by atoms with Crippen molar-refractivity contribution in [3.63, 3.8) is 0 Å². The normalized spacial score (nSPS) is 13.0. The summed E-state index contributed by atoms with van der Waals surface area (Å²) in [7, 11) is 0. The molecule has 0 fully saturated rings. The summed E-state index contributed by atoms with van der Waals surface area (Å²) in [6.45, 7) is 9.20. The number of nitrogens with zero attached hydrogens (tertiary/aromatic N) is 2. The molecule has 1 aliphatic rings. The highest BCUT2D eigenvalue weighted by molar-refractivity contribution is 6.16. The molecule has 10 aromatic carbocycles. The first-order valence-corrected chi connectivity index (χ1v) is 22.5. The molecule has 310 valence electrons. The van der Waals surface area contributed by atoms with Crippen molar-refractivity contribution in [2.45, 2.75) is 33.1 Å². The fourth-order valence-corrected chi connectivity index (χ4v) is 11.0. The minimum Gasteiger partial charge on any atom is -0.454 e. The Bertz CT molecular complexity index is 3920. The van der Waals surface area contributed by atoms with Crippen LogP contribution in [0.15, 0.2) is 203 Å². The summed E-state index contributed by atoms with van der Waals surface area (Å²) in [5, 5.41) is 9.33. The van der Waals surface area contributed by atoms with Gasteiger partial charge in [-0.1, -0.05) is 153 Å². The molecule has 65 heavy (non-hydrogen) atoms. The van der Waals surface area contributed by atoms with Crippen LogP contribution in [-0.2, 0) is 5.41 Å². The standard InChI is InChI=1S/C61H44N2O2/c1-37-17-5-11-25-50(37)62(52-27-15-23-46-43-20-9-13-29-55(43)64-59(46)52)40-32-34-41-39(35-40)31-33-48-57-45-22-8-7-19-42(45)54(36-49(57)61(3,4)58(41)48)63(51-26-12-6-18-38(51)2)53-28-16-24-47-44-21-10-14-30-56(44)65-60(47)53/h5-36H,1-4H3. The van der Waals surface area contributed by atoms with E-state index < -0.39 is 0 Å². The largest absolute Gasteiger partial charge is 0.454 e. The Balaban J connectivity index is 1.02. The SMILES string of the molecule is Cc1ccccc1N(c1ccc2c3c(ccc2c1)-c1c(cc(N(c2ccccc2C)c2cccc4c2oc2ccccc24)c2ccccc12)C3(C)C)c1cccc2c1oc1ccccc12. The molecule has 12 aromatic rings. The maximum absolute atomic E-state index is 6.77. The summed E-state index contributed by atoms with van der Waals surface area (Å²) in [6.07, 6.45) is 0. The third kappa shape index (κ3) is 5.44. The number of rotatable bonds is 6. The van der Waals surface area contributed by atoms with Crippen molar-refractivity contribution in [3.05, 3.63) is 216 Å². The zero-order valence-corrected chi connectivity index (χ0v) is 36.7. The second-order valence-electron chi connectivity index (χ2n) is 18.1. The van der Waals surface area contributed by atoms with Gasteiger partial charge in [0.25, 0.3) is 0 Å². The lowest BCUT2D eigenvalue weighted by Crippen LogP contribution is -2.18. The predicted octanol–water partition coefficient (Wildman–Crippen LogP) is 17.7. The van der Waals surface area contributed by atoms with E-state index in [4.69, 9.17) is 8.83 Å². The first-order valence-electron chi connectivity index (χ1n) is 22.5. The van der Waals surface area contributed by atoms with Crippen LogP contribution < -0.4 is 9.80 Å². The Hall–Kier alpha value is -8.08. The number of para-hydroxylation sites is 6. The summed E-state index contributed by atoms with van der Waals surface area (Å²) in [5.41, 5.74) is 17.3. The smallest absolute Gasteiger partial charge is 0.159 e. The number of furan rings is 2. The maximum atomic E-state index is 6.77. The molecule has 1 aliphatic carbocycles. The molecule has 13 rings (SSSR count). The number of hydrogen-bond donors (Lipinski definition) is 0. The highest BCUT2D eigenvalue weighted by Gasteiger charge is 2.39. The van der Waals surface area contributed by atoms with Crippen molar-refractivity contribution in [1.29, 1.82) is 0 Å². The van der Waals surface area contributed by atoms with E-state index in [0.29, 0.717) is 0 Å². The molecule has 0 N–H and O–H groups in total. The molecule has 2 aromatic heterocycles. The molecule has 0 atom stereocenters. The van der Waals surface area contributed by atoms with E-state index >= 15 is 0 Å². The van der Waals surface area contributed by atoms with Crippen molar-refractivity contribution in [3.8, 4) is 11.1 Å². The number of hydrogen-bond acceptors (Lipinski definition) is 4. The fourth-order valence-electron chi connectivity index (χ4n) is 11.0. The molecule has 2 heterocycles. The molecule has 0 saturated heterocycles. The molecule has 4 nitrogen and oxygen atoms in total. The Labute approximate surface area is 377 Å². The van der Waals surface area contributed by atoms with Gasteiger partial charge < -0.3 is 18.6 Å². The zero-order valence-electron chi connectivity index (χ0n) is 36.7. The second kappa shape index (κ2) is 14.0. The van der Waals surface area contributed by atoms with Gasteiger partial charge in [-0.25, -0.2) is 0 Å². The first kappa shape index (κ1) is 37.5. The Morgan fingerprint density at radius 1 is 0.385 bits per heavy atom. The van der Waals surface area contributed by atoms with Gasteiger partial charge in [0.05, 0.1) is 17.1 Å². The average Bonchev–Trinajstić information content (AvgIpc) is 3.99. The van der Waals surface area contributed by atoms with Crippen molar-refractivity contribution in [2.75, 3.05) is 9.80 Å². The maximum Gasteiger partial charge on any atom is 0.159 e. The first-order chi connectivity index (χ1) is 31.8. The molecule has 0 spiro atoms. The Kier molecular flexibility index (Phi) is 8.05. The Morgan fingerprint density at radius 2 is 0.892 bits per heavy atom. The van der Waals surface area contributed by atoms with E-state index in [0.717, 1.165) is 78.0 Å². The lowest BCUT2D eigenvalue weighted by Gasteiger charge is -2.31. The predicted molar refractivity (Wildman–Crippen MR) is 272 cm³/mol. The van der Waals surface area contributed by atoms with E-state index in [1.54, 1.807) is 0 Å². The van der Waals surface area contributed by atoms with Gasteiger partial charge >= 0.3 is 0 Å². The number of aryl methyl sites for hydroxylation is 2. The molecule has 0 radical (unpaired) electrons. The van der Waals surface area contributed by atoms with Crippen LogP contribution in [0.5, 0.6) is 0 Å². The van der Waals surface area contributed by atoms with Gasteiger partial charge in [0.15, 0.2) is 11.2 Å². The van der Waals surface area contributed by atoms with Gasteiger partial charge in [-0.2, -0.15) is 0 Å². The molecule has 0 aliphatic heterocycles. The highest BCUT2D eigenvalue weighted by Crippen LogP contribution is 2.57. The van der Waals surface area contributed by atoms with Crippen molar-refractivity contribution in [2.24, 2.45) is 0 Å². The van der Waals surface area contributed by atoms with Crippen molar-refractivity contribution >= 4 is 99.5 Å². The summed E-state index contributed by atoms with van der Waals surface area (Å²) in [6, 6.07) is 70.2. The van der Waals surface area contributed by atoms with Crippen LogP contribution in [0, 0.1) is 13.8 Å². The minimum absolute atomic E-state index is 0.331. The molecule has 0 bridgehead atoms. The summed E-state index contributed by atoms with van der Waals surface area (Å²) < 4.78 is 13.4. The summed E-state index contributed by atoms with van der Waals surface area (Å²) >= 11 is 0. The number of fused-ring (bicyclic) bond motifs is 13. The number of anilines is 6. The quantitative estimate of drug-likeness (QED) is 0.167. The van der Waals surface area contributed by atoms with Gasteiger partial charge in [-0.15, -0.1) is 0 Å². The van der Waals surface area contributed by atoms with Gasteiger partial charge in [-0.05, 0) is 118 Å². The van der Waals surface area contributed by atoms with Gasteiger partial charge in [-0.3, -0.25) is 0 Å². The highest BCUT2D eigenvalue weighted by atomic mass is 16.3. The van der Waals surface area contributed by atoms with Crippen molar-refractivity contribution in [1.82, 2.24) is 0 Å². The lowest BCUT2D eigenvalue weighted by molar-refractivity contribution is 0.666. The summed E-state index contributed by atoms with van der Waals surface area (Å²) in [5.74, 6) is 0. The van der Waals surface area contributed by atoms with E-state index in [1.165, 1.54) is 54.9 Å². The van der Waals surface area contributed by atoms with Gasteiger partial charge in [0.2, 0.25) is 0 Å².